The Hall–Kier alpha value is -2.32. The van der Waals surface area contributed by atoms with Crippen LogP contribution in [0.15, 0.2) is 45.0 Å². The van der Waals surface area contributed by atoms with Gasteiger partial charge in [-0.2, -0.15) is 5.26 Å². The van der Waals surface area contributed by atoms with Crippen molar-refractivity contribution in [3.05, 3.63) is 57.5 Å². The van der Waals surface area contributed by atoms with E-state index in [4.69, 9.17) is 9.15 Å². The molecule has 1 aromatic heterocycles. The summed E-state index contributed by atoms with van der Waals surface area (Å²) in [5.74, 6) is 0.829. The minimum Gasteiger partial charge on any atom is -0.496 e. The Morgan fingerprint density at radius 2 is 2.19 bits per heavy atom. The van der Waals surface area contributed by atoms with Gasteiger partial charge < -0.3 is 9.15 Å². The quantitative estimate of drug-likeness (QED) is 0.474. The lowest BCUT2D eigenvalue weighted by Gasteiger charge is -2.04. The number of ether oxygens (including phenoxy) is 1. The first-order valence-electron chi connectivity index (χ1n) is 6.11. The molecule has 0 saturated carbocycles. The molecule has 0 aliphatic heterocycles. The molecule has 1 heterocycles. The van der Waals surface area contributed by atoms with Gasteiger partial charge in [-0.3, -0.25) is 4.79 Å². The van der Waals surface area contributed by atoms with Crippen LogP contribution in [0.5, 0.6) is 5.75 Å². The van der Waals surface area contributed by atoms with E-state index in [2.05, 4.69) is 15.9 Å². The lowest BCUT2D eigenvalue weighted by molar-refractivity contribution is 0.103. The number of methoxy groups -OCH3 is 1. The van der Waals surface area contributed by atoms with Gasteiger partial charge in [0.15, 0.2) is 0 Å². The monoisotopic (exact) mass is 345 g/mol. The Balaban J connectivity index is 2.38. The molecule has 0 saturated heterocycles. The second-order valence-corrected chi connectivity index (χ2v) is 5.14. The molecule has 106 valence electrons. The van der Waals surface area contributed by atoms with Crippen LogP contribution in [0.4, 0.5) is 0 Å². The van der Waals surface area contributed by atoms with Gasteiger partial charge >= 0.3 is 0 Å². The van der Waals surface area contributed by atoms with Crippen LogP contribution in [0.1, 0.15) is 21.7 Å². The number of benzene rings is 1. The first kappa shape index (κ1) is 15.1. The van der Waals surface area contributed by atoms with Crippen molar-refractivity contribution in [3.8, 4) is 11.8 Å². The van der Waals surface area contributed by atoms with Gasteiger partial charge in [0.2, 0.25) is 5.78 Å². The standard InChI is InChI=1S/C16H12BrNO3/c1-10-13(5-6-21-10)16(19)12(9-18)7-11-3-4-15(20-2)14(17)8-11/h3-8H,1-2H3/b12-7+. The number of halogens is 1. The van der Waals surface area contributed by atoms with Crippen LogP contribution in [-0.4, -0.2) is 12.9 Å². The fourth-order valence-electron chi connectivity index (χ4n) is 1.85. The Morgan fingerprint density at radius 1 is 1.43 bits per heavy atom. The van der Waals surface area contributed by atoms with Crippen LogP contribution >= 0.6 is 15.9 Å². The summed E-state index contributed by atoms with van der Waals surface area (Å²) in [6.45, 7) is 1.69. The summed E-state index contributed by atoms with van der Waals surface area (Å²) < 4.78 is 11.0. The highest BCUT2D eigenvalue weighted by atomic mass is 79.9. The number of aryl methyl sites for hydroxylation is 1. The molecule has 2 rings (SSSR count). The molecule has 5 heteroatoms. The summed E-state index contributed by atoms with van der Waals surface area (Å²) in [5.41, 5.74) is 1.18. The normalized spacial score (nSPS) is 11.0. The van der Waals surface area contributed by atoms with Gasteiger partial charge in [-0.1, -0.05) is 6.07 Å². The molecule has 0 amide bonds. The van der Waals surface area contributed by atoms with E-state index in [1.165, 1.54) is 6.26 Å². The number of carbonyl (C=O) groups excluding carboxylic acids is 1. The maximum atomic E-state index is 12.3. The molecular formula is C16H12BrNO3. The van der Waals surface area contributed by atoms with E-state index in [1.807, 2.05) is 6.07 Å². The fourth-order valence-corrected chi connectivity index (χ4v) is 2.41. The van der Waals surface area contributed by atoms with Crippen molar-refractivity contribution in [3.63, 3.8) is 0 Å². The number of rotatable bonds is 4. The lowest BCUT2D eigenvalue weighted by atomic mass is 10.0. The Labute approximate surface area is 130 Å². The summed E-state index contributed by atoms with van der Waals surface area (Å²) in [5, 5.41) is 9.21. The van der Waals surface area contributed by atoms with Crippen molar-refractivity contribution in [2.75, 3.05) is 7.11 Å². The molecule has 4 nitrogen and oxygen atoms in total. The van der Waals surface area contributed by atoms with Crippen molar-refractivity contribution >= 4 is 27.8 Å². The molecule has 2 aromatic rings. The summed E-state index contributed by atoms with van der Waals surface area (Å²) in [6, 6.07) is 8.82. The molecule has 0 atom stereocenters. The number of hydrogen-bond acceptors (Lipinski definition) is 4. The zero-order valence-electron chi connectivity index (χ0n) is 11.5. The van der Waals surface area contributed by atoms with E-state index < -0.39 is 0 Å². The molecule has 1 aromatic carbocycles. The molecule has 0 spiro atoms. The molecule has 0 bridgehead atoms. The van der Waals surface area contributed by atoms with Crippen molar-refractivity contribution in [1.29, 1.82) is 5.26 Å². The van der Waals surface area contributed by atoms with E-state index in [-0.39, 0.29) is 11.4 Å². The highest BCUT2D eigenvalue weighted by Crippen LogP contribution is 2.27. The minimum absolute atomic E-state index is 0.0524. The molecule has 0 unspecified atom stereocenters. The van der Waals surface area contributed by atoms with Gasteiger partial charge in [0.05, 0.1) is 23.4 Å². The van der Waals surface area contributed by atoms with Gasteiger partial charge in [-0.25, -0.2) is 0 Å². The summed E-state index contributed by atoms with van der Waals surface area (Å²) in [4.78, 5) is 12.3. The predicted octanol–water partition coefficient (Wildman–Crippen LogP) is 4.15. The molecule has 0 N–H and O–H groups in total. The second kappa shape index (κ2) is 6.42. The predicted molar refractivity (Wildman–Crippen MR) is 82.1 cm³/mol. The van der Waals surface area contributed by atoms with Crippen LogP contribution in [0.3, 0.4) is 0 Å². The topological polar surface area (TPSA) is 63.2 Å². The number of carbonyl (C=O) groups is 1. The number of Topliss-reactive ketones (excluding diaryl/α,β-unsaturated/α-hetero) is 1. The largest absolute Gasteiger partial charge is 0.496 e. The van der Waals surface area contributed by atoms with E-state index in [0.29, 0.717) is 17.1 Å². The first-order valence-corrected chi connectivity index (χ1v) is 6.90. The van der Waals surface area contributed by atoms with Crippen LogP contribution in [0.2, 0.25) is 0 Å². The molecule has 0 radical (unpaired) electrons. The maximum absolute atomic E-state index is 12.3. The SMILES string of the molecule is COc1ccc(/C=C(\C#N)C(=O)c2ccoc2C)cc1Br. The number of hydrogen-bond donors (Lipinski definition) is 0. The van der Waals surface area contributed by atoms with Crippen LogP contribution in [0, 0.1) is 18.3 Å². The molecule has 0 aliphatic carbocycles. The molecule has 21 heavy (non-hydrogen) atoms. The minimum atomic E-state index is -0.351. The van der Waals surface area contributed by atoms with E-state index >= 15 is 0 Å². The third-order valence-corrected chi connectivity index (χ3v) is 3.58. The van der Waals surface area contributed by atoms with Crippen LogP contribution in [-0.2, 0) is 0 Å². The Bertz CT molecular complexity index is 753. The third kappa shape index (κ3) is 3.23. The maximum Gasteiger partial charge on any atom is 0.207 e. The molecular weight excluding hydrogens is 334 g/mol. The Morgan fingerprint density at radius 3 is 2.71 bits per heavy atom. The number of nitrogens with zero attached hydrogens (tertiary/aromatic N) is 1. The van der Waals surface area contributed by atoms with Crippen molar-refractivity contribution in [1.82, 2.24) is 0 Å². The number of ketones is 1. The molecule has 0 aliphatic rings. The summed E-state index contributed by atoms with van der Waals surface area (Å²) in [6.07, 6.45) is 2.97. The fraction of sp³-hybridized carbons (Fsp3) is 0.125. The zero-order chi connectivity index (χ0) is 15.4. The molecule has 0 fully saturated rings. The number of furan rings is 1. The number of allylic oxidation sites excluding steroid dienone is 1. The average Bonchev–Trinajstić information content (AvgIpc) is 2.90. The zero-order valence-corrected chi connectivity index (χ0v) is 13.1. The van der Waals surface area contributed by atoms with Gasteiger partial charge in [0.25, 0.3) is 0 Å². The summed E-state index contributed by atoms with van der Waals surface area (Å²) >= 11 is 3.37. The van der Waals surface area contributed by atoms with Crippen LogP contribution < -0.4 is 4.74 Å². The van der Waals surface area contributed by atoms with Crippen LogP contribution in [0.25, 0.3) is 6.08 Å². The smallest absolute Gasteiger partial charge is 0.207 e. The van der Waals surface area contributed by atoms with Gasteiger partial charge in [0, 0.05) is 0 Å². The highest BCUT2D eigenvalue weighted by Gasteiger charge is 2.16. The second-order valence-electron chi connectivity index (χ2n) is 4.28. The van der Waals surface area contributed by atoms with Crippen molar-refractivity contribution < 1.29 is 13.9 Å². The third-order valence-electron chi connectivity index (χ3n) is 2.96. The van der Waals surface area contributed by atoms with Gasteiger partial charge in [-0.05, 0) is 52.7 Å². The first-order chi connectivity index (χ1) is 10.1. The van der Waals surface area contributed by atoms with Crippen molar-refractivity contribution in [2.45, 2.75) is 6.92 Å². The van der Waals surface area contributed by atoms with Gasteiger partial charge in [-0.15, -0.1) is 0 Å². The van der Waals surface area contributed by atoms with E-state index in [0.717, 1.165) is 10.0 Å². The Kier molecular flexibility index (Phi) is 4.61. The average molecular weight is 346 g/mol. The van der Waals surface area contributed by atoms with E-state index in [9.17, 15) is 10.1 Å². The van der Waals surface area contributed by atoms with E-state index in [1.54, 1.807) is 44.4 Å². The van der Waals surface area contributed by atoms with Crippen molar-refractivity contribution in [2.24, 2.45) is 0 Å². The summed E-state index contributed by atoms with van der Waals surface area (Å²) in [7, 11) is 1.57. The number of nitriles is 1. The lowest BCUT2D eigenvalue weighted by Crippen LogP contribution is -2.02. The van der Waals surface area contributed by atoms with Gasteiger partial charge in [0.1, 0.15) is 23.2 Å². The highest BCUT2D eigenvalue weighted by molar-refractivity contribution is 9.10.